The molecular weight excluding hydrogens is 254 g/mol. The minimum atomic E-state index is -0.611. The summed E-state index contributed by atoms with van der Waals surface area (Å²) in [5.41, 5.74) is 0.158. The van der Waals surface area contributed by atoms with E-state index >= 15 is 0 Å². The number of aliphatic carboxylic acids is 1. The van der Waals surface area contributed by atoms with Gasteiger partial charge in [0.2, 0.25) is 0 Å². The average molecular weight is 281 g/mol. The third-order valence-corrected chi connectivity index (χ3v) is 5.63. The van der Waals surface area contributed by atoms with Crippen LogP contribution in [-0.4, -0.2) is 47.3 Å². The highest BCUT2D eigenvalue weighted by Crippen LogP contribution is 2.40. The maximum Gasteiger partial charge on any atom is 0.306 e. The Hall–Kier alpha value is -0.610. The molecule has 1 aliphatic carbocycles. The summed E-state index contributed by atoms with van der Waals surface area (Å²) in [6.45, 7) is 2.80. The Morgan fingerprint density at radius 2 is 1.80 bits per heavy atom. The number of carboxylic acids is 1. The van der Waals surface area contributed by atoms with E-state index in [1.807, 2.05) is 0 Å². The molecule has 1 spiro atoms. The normalized spacial score (nSPS) is 32.3. The fraction of sp³-hybridized carbons (Fsp3) is 0.938. The van der Waals surface area contributed by atoms with Gasteiger partial charge in [0.25, 0.3) is 0 Å². The van der Waals surface area contributed by atoms with Crippen molar-refractivity contribution in [3.63, 3.8) is 0 Å². The predicted octanol–water partition coefficient (Wildman–Crippen LogP) is 2.66. The lowest BCUT2D eigenvalue weighted by atomic mass is 9.77. The number of hydrogen-bond acceptors (Lipinski definition) is 3. The van der Waals surface area contributed by atoms with Crippen LogP contribution in [0.3, 0.4) is 0 Å². The first kappa shape index (κ1) is 14.3. The summed E-state index contributed by atoms with van der Waals surface area (Å²) >= 11 is 0. The van der Waals surface area contributed by atoms with Crippen LogP contribution in [0.1, 0.15) is 57.8 Å². The molecule has 2 aliphatic heterocycles. The summed E-state index contributed by atoms with van der Waals surface area (Å²) in [4.78, 5) is 13.6. The van der Waals surface area contributed by atoms with Gasteiger partial charge in [0.1, 0.15) is 0 Å². The quantitative estimate of drug-likeness (QED) is 0.845. The molecule has 0 aromatic rings. The molecule has 1 unspecified atom stereocenters. The van der Waals surface area contributed by atoms with Crippen molar-refractivity contribution in [2.24, 2.45) is 5.92 Å². The number of carbonyl (C=O) groups is 1. The fourth-order valence-corrected chi connectivity index (χ4v) is 4.37. The zero-order chi connectivity index (χ0) is 14.0. The highest BCUT2D eigenvalue weighted by atomic mass is 16.5. The second-order valence-corrected chi connectivity index (χ2v) is 6.89. The van der Waals surface area contributed by atoms with Crippen LogP contribution in [0, 0.1) is 5.92 Å². The molecule has 0 amide bonds. The largest absolute Gasteiger partial charge is 0.481 e. The Morgan fingerprint density at radius 1 is 1.10 bits per heavy atom. The molecule has 4 nitrogen and oxygen atoms in total. The molecule has 4 heteroatoms. The van der Waals surface area contributed by atoms with Crippen molar-refractivity contribution in [2.45, 2.75) is 69.4 Å². The van der Waals surface area contributed by atoms with E-state index in [9.17, 15) is 4.79 Å². The number of nitrogens with zero attached hydrogens (tertiary/aromatic N) is 1. The van der Waals surface area contributed by atoms with Gasteiger partial charge in [0.15, 0.2) is 0 Å². The molecule has 0 radical (unpaired) electrons. The third kappa shape index (κ3) is 3.01. The smallest absolute Gasteiger partial charge is 0.306 e. The molecule has 2 saturated heterocycles. The van der Waals surface area contributed by atoms with Gasteiger partial charge in [0, 0.05) is 12.6 Å². The molecule has 114 valence electrons. The first-order valence-electron chi connectivity index (χ1n) is 8.29. The van der Waals surface area contributed by atoms with Crippen LogP contribution in [0.25, 0.3) is 0 Å². The van der Waals surface area contributed by atoms with E-state index in [1.54, 1.807) is 0 Å². The first-order valence-corrected chi connectivity index (χ1v) is 8.29. The molecule has 3 fully saturated rings. The Morgan fingerprint density at radius 3 is 2.45 bits per heavy atom. The highest BCUT2D eigenvalue weighted by Gasteiger charge is 2.41. The maximum atomic E-state index is 11.0. The minimum absolute atomic E-state index is 0.116. The molecule has 1 N–H and O–H groups in total. The van der Waals surface area contributed by atoms with Gasteiger partial charge in [-0.2, -0.15) is 0 Å². The number of piperidine rings is 1. The van der Waals surface area contributed by atoms with Crippen molar-refractivity contribution in [3.05, 3.63) is 0 Å². The van der Waals surface area contributed by atoms with Crippen molar-refractivity contribution in [2.75, 3.05) is 19.7 Å². The Labute approximate surface area is 121 Å². The summed E-state index contributed by atoms with van der Waals surface area (Å²) in [6, 6.07) is 0.622. The predicted molar refractivity (Wildman–Crippen MR) is 76.7 cm³/mol. The number of likely N-dealkylation sites (tertiary alicyclic amines) is 1. The summed E-state index contributed by atoms with van der Waals surface area (Å²) in [5.74, 6) is -0.727. The topological polar surface area (TPSA) is 49.8 Å². The summed E-state index contributed by atoms with van der Waals surface area (Å²) in [5, 5.41) is 9.10. The van der Waals surface area contributed by atoms with Gasteiger partial charge >= 0.3 is 5.97 Å². The molecule has 1 saturated carbocycles. The van der Waals surface area contributed by atoms with E-state index < -0.39 is 5.97 Å². The van der Waals surface area contributed by atoms with Crippen molar-refractivity contribution in [3.8, 4) is 0 Å². The summed E-state index contributed by atoms with van der Waals surface area (Å²) in [7, 11) is 0. The van der Waals surface area contributed by atoms with Gasteiger partial charge in [-0.1, -0.05) is 19.3 Å². The SMILES string of the molecule is O=C(O)C1CCN(C2CCOC3(CCCCC3)C2)CC1. The van der Waals surface area contributed by atoms with Gasteiger partial charge in [0.05, 0.1) is 11.5 Å². The zero-order valence-corrected chi connectivity index (χ0v) is 12.4. The van der Waals surface area contributed by atoms with Gasteiger partial charge in [-0.05, 0) is 51.6 Å². The van der Waals surface area contributed by atoms with Crippen molar-refractivity contribution < 1.29 is 14.6 Å². The van der Waals surface area contributed by atoms with E-state index in [1.165, 1.54) is 38.5 Å². The van der Waals surface area contributed by atoms with Crippen LogP contribution >= 0.6 is 0 Å². The van der Waals surface area contributed by atoms with Crippen LogP contribution in [0.5, 0.6) is 0 Å². The van der Waals surface area contributed by atoms with E-state index in [0.717, 1.165) is 39.0 Å². The maximum absolute atomic E-state index is 11.0. The van der Waals surface area contributed by atoms with E-state index in [2.05, 4.69) is 4.90 Å². The van der Waals surface area contributed by atoms with Crippen LogP contribution in [-0.2, 0) is 9.53 Å². The second-order valence-electron chi connectivity index (χ2n) is 6.89. The van der Waals surface area contributed by atoms with Crippen molar-refractivity contribution in [1.82, 2.24) is 4.90 Å². The molecule has 3 aliphatic rings. The summed E-state index contributed by atoms with van der Waals surface area (Å²) < 4.78 is 6.17. The lowest BCUT2D eigenvalue weighted by Crippen LogP contribution is -2.51. The Balaban J connectivity index is 1.56. The molecule has 0 bridgehead atoms. The van der Waals surface area contributed by atoms with E-state index in [4.69, 9.17) is 9.84 Å². The number of rotatable bonds is 2. The monoisotopic (exact) mass is 281 g/mol. The average Bonchev–Trinajstić information content (AvgIpc) is 2.48. The molecule has 0 aromatic carbocycles. The second kappa shape index (κ2) is 6.02. The zero-order valence-electron chi connectivity index (χ0n) is 12.4. The number of hydrogen-bond donors (Lipinski definition) is 1. The van der Waals surface area contributed by atoms with Crippen LogP contribution in [0.2, 0.25) is 0 Å². The van der Waals surface area contributed by atoms with Gasteiger partial charge in [-0.15, -0.1) is 0 Å². The van der Waals surface area contributed by atoms with E-state index in [0.29, 0.717) is 6.04 Å². The molecule has 20 heavy (non-hydrogen) atoms. The lowest BCUT2D eigenvalue weighted by Gasteiger charge is -2.47. The Kier molecular flexibility index (Phi) is 4.32. The number of ether oxygens (including phenoxy) is 1. The van der Waals surface area contributed by atoms with Gasteiger partial charge in [-0.25, -0.2) is 0 Å². The van der Waals surface area contributed by atoms with Crippen LogP contribution in [0.4, 0.5) is 0 Å². The molecule has 2 heterocycles. The highest BCUT2D eigenvalue weighted by molar-refractivity contribution is 5.70. The van der Waals surface area contributed by atoms with Gasteiger partial charge in [-0.3, -0.25) is 4.79 Å². The molecule has 0 aromatic heterocycles. The van der Waals surface area contributed by atoms with Crippen LogP contribution < -0.4 is 0 Å². The molecule has 1 atom stereocenters. The first-order chi connectivity index (χ1) is 9.69. The number of carboxylic acid groups (broad SMARTS) is 1. The lowest BCUT2D eigenvalue weighted by molar-refractivity contribution is -0.145. The van der Waals surface area contributed by atoms with Crippen molar-refractivity contribution >= 4 is 5.97 Å². The van der Waals surface area contributed by atoms with Crippen molar-refractivity contribution in [1.29, 1.82) is 0 Å². The van der Waals surface area contributed by atoms with Crippen LogP contribution in [0.15, 0.2) is 0 Å². The third-order valence-electron chi connectivity index (χ3n) is 5.63. The fourth-order valence-electron chi connectivity index (χ4n) is 4.37. The standard InChI is InChI=1S/C16H27NO3/c18-15(19)13-4-9-17(10-5-13)14-6-11-20-16(12-14)7-2-1-3-8-16/h13-14H,1-12H2,(H,18,19). The minimum Gasteiger partial charge on any atom is -0.481 e. The Bertz CT molecular complexity index is 338. The molecular formula is C16H27NO3. The van der Waals surface area contributed by atoms with E-state index in [-0.39, 0.29) is 11.5 Å². The van der Waals surface area contributed by atoms with Gasteiger partial charge < -0.3 is 14.7 Å². The summed E-state index contributed by atoms with van der Waals surface area (Å²) in [6.07, 6.45) is 10.4. The molecule has 3 rings (SSSR count).